The maximum Gasteiger partial charge on any atom is 0.254 e. The van der Waals surface area contributed by atoms with Crippen molar-refractivity contribution in [3.63, 3.8) is 0 Å². The molecule has 2 N–H and O–H groups in total. The fourth-order valence-corrected chi connectivity index (χ4v) is 3.02. The van der Waals surface area contributed by atoms with Crippen LogP contribution in [0.3, 0.4) is 0 Å². The van der Waals surface area contributed by atoms with Crippen LogP contribution in [0.5, 0.6) is 0 Å². The van der Waals surface area contributed by atoms with Crippen molar-refractivity contribution in [1.29, 1.82) is 0 Å². The summed E-state index contributed by atoms with van der Waals surface area (Å²) >= 11 is 3.40. The molecule has 102 valence electrons. The molecule has 0 unspecified atom stereocenters. The third kappa shape index (κ3) is 2.43. The van der Waals surface area contributed by atoms with Gasteiger partial charge in [-0.2, -0.15) is 0 Å². The Balaban J connectivity index is 1.85. The van der Waals surface area contributed by atoms with Crippen LogP contribution >= 0.6 is 15.9 Å². The Morgan fingerprint density at radius 1 is 1.20 bits per heavy atom. The number of carbonyl (C=O) groups excluding carboxylic acids is 1. The Morgan fingerprint density at radius 2 is 2.00 bits per heavy atom. The molecular formula is C16H15BrN2O. The average molecular weight is 331 g/mol. The lowest BCUT2D eigenvalue weighted by Gasteiger charge is -2.29. The highest BCUT2D eigenvalue weighted by atomic mass is 79.9. The predicted molar refractivity (Wildman–Crippen MR) is 83.4 cm³/mol. The predicted octanol–water partition coefficient (Wildman–Crippen LogP) is 3.23. The van der Waals surface area contributed by atoms with Gasteiger partial charge in [0.15, 0.2) is 0 Å². The number of hydrogen-bond donors (Lipinski definition) is 1. The molecule has 20 heavy (non-hydrogen) atoms. The SMILES string of the molecule is Nc1cccc2c1CCN(C(=O)c1cccc(Br)c1)C2. The van der Waals surface area contributed by atoms with Crippen molar-refractivity contribution in [2.24, 2.45) is 0 Å². The lowest BCUT2D eigenvalue weighted by atomic mass is 9.97. The zero-order valence-corrected chi connectivity index (χ0v) is 12.6. The maximum atomic E-state index is 12.5. The van der Waals surface area contributed by atoms with Gasteiger partial charge in [0.25, 0.3) is 5.91 Å². The van der Waals surface area contributed by atoms with Crippen molar-refractivity contribution in [3.8, 4) is 0 Å². The molecule has 2 aromatic carbocycles. The molecule has 0 saturated carbocycles. The Hall–Kier alpha value is -1.81. The van der Waals surface area contributed by atoms with Crippen LogP contribution in [-0.2, 0) is 13.0 Å². The number of amides is 1. The Bertz CT molecular complexity index is 669. The number of fused-ring (bicyclic) bond motifs is 1. The summed E-state index contributed by atoms with van der Waals surface area (Å²) in [5.74, 6) is 0.0689. The van der Waals surface area contributed by atoms with E-state index in [1.165, 1.54) is 5.56 Å². The van der Waals surface area contributed by atoms with E-state index in [-0.39, 0.29) is 5.91 Å². The molecule has 4 heteroatoms. The van der Waals surface area contributed by atoms with Crippen molar-refractivity contribution >= 4 is 27.5 Å². The van der Waals surface area contributed by atoms with E-state index in [1.807, 2.05) is 47.4 Å². The first-order valence-electron chi connectivity index (χ1n) is 6.56. The first-order chi connectivity index (χ1) is 9.65. The summed E-state index contributed by atoms with van der Waals surface area (Å²) in [5.41, 5.74) is 9.87. The van der Waals surface area contributed by atoms with Crippen LogP contribution in [0.25, 0.3) is 0 Å². The average Bonchev–Trinajstić information content (AvgIpc) is 2.46. The molecular weight excluding hydrogens is 316 g/mol. The van der Waals surface area contributed by atoms with Gasteiger partial charge in [0, 0.05) is 28.8 Å². The molecule has 1 aliphatic rings. The van der Waals surface area contributed by atoms with Gasteiger partial charge in [-0.05, 0) is 41.8 Å². The number of nitrogens with zero attached hydrogens (tertiary/aromatic N) is 1. The van der Waals surface area contributed by atoms with E-state index in [0.29, 0.717) is 18.7 Å². The summed E-state index contributed by atoms with van der Waals surface area (Å²) in [6.45, 7) is 1.35. The van der Waals surface area contributed by atoms with E-state index in [2.05, 4.69) is 15.9 Å². The summed E-state index contributed by atoms with van der Waals surface area (Å²) in [5, 5.41) is 0. The first kappa shape index (κ1) is 13.2. The lowest BCUT2D eigenvalue weighted by Crippen LogP contribution is -2.36. The highest BCUT2D eigenvalue weighted by Gasteiger charge is 2.22. The number of halogens is 1. The molecule has 0 bridgehead atoms. The van der Waals surface area contributed by atoms with E-state index >= 15 is 0 Å². The molecule has 3 rings (SSSR count). The molecule has 0 atom stereocenters. The molecule has 0 aromatic heterocycles. The monoisotopic (exact) mass is 330 g/mol. The minimum Gasteiger partial charge on any atom is -0.398 e. The van der Waals surface area contributed by atoms with E-state index in [0.717, 1.165) is 22.1 Å². The normalized spacial score (nSPS) is 13.9. The zero-order chi connectivity index (χ0) is 14.1. The van der Waals surface area contributed by atoms with Gasteiger partial charge in [-0.15, -0.1) is 0 Å². The molecule has 2 aromatic rings. The molecule has 1 amide bonds. The fraction of sp³-hybridized carbons (Fsp3) is 0.188. The van der Waals surface area contributed by atoms with Gasteiger partial charge in [-0.3, -0.25) is 4.79 Å². The van der Waals surface area contributed by atoms with Gasteiger partial charge in [0.2, 0.25) is 0 Å². The number of hydrogen-bond acceptors (Lipinski definition) is 2. The number of nitrogens with two attached hydrogens (primary N) is 1. The molecule has 0 aliphatic carbocycles. The maximum absolute atomic E-state index is 12.5. The Labute approximate surface area is 126 Å². The van der Waals surface area contributed by atoms with Crippen LogP contribution in [-0.4, -0.2) is 17.4 Å². The van der Waals surface area contributed by atoms with Crippen LogP contribution < -0.4 is 5.73 Å². The van der Waals surface area contributed by atoms with Crippen molar-refractivity contribution in [3.05, 3.63) is 63.6 Å². The fourth-order valence-electron chi connectivity index (χ4n) is 2.62. The van der Waals surface area contributed by atoms with Gasteiger partial charge in [0.1, 0.15) is 0 Å². The minimum atomic E-state index is 0.0689. The van der Waals surface area contributed by atoms with E-state index in [1.54, 1.807) is 0 Å². The lowest BCUT2D eigenvalue weighted by molar-refractivity contribution is 0.0735. The quantitative estimate of drug-likeness (QED) is 0.816. The number of benzene rings is 2. The van der Waals surface area contributed by atoms with Gasteiger partial charge in [-0.1, -0.05) is 34.1 Å². The van der Waals surface area contributed by atoms with Crippen LogP contribution in [0.4, 0.5) is 5.69 Å². The number of nitrogen functional groups attached to an aromatic ring is 1. The smallest absolute Gasteiger partial charge is 0.254 e. The molecule has 0 radical (unpaired) electrons. The van der Waals surface area contributed by atoms with Crippen molar-refractivity contribution in [2.75, 3.05) is 12.3 Å². The second-order valence-corrected chi connectivity index (χ2v) is 5.89. The molecule has 3 nitrogen and oxygen atoms in total. The summed E-state index contributed by atoms with van der Waals surface area (Å²) in [6.07, 6.45) is 0.821. The van der Waals surface area contributed by atoms with Gasteiger partial charge < -0.3 is 10.6 Å². The summed E-state index contributed by atoms with van der Waals surface area (Å²) in [6, 6.07) is 13.4. The number of carbonyl (C=O) groups is 1. The molecule has 0 saturated heterocycles. The zero-order valence-electron chi connectivity index (χ0n) is 11.0. The molecule has 1 aliphatic heterocycles. The standard InChI is InChI=1S/C16H15BrN2O/c17-13-5-1-3-11(9-13)16(20)19-8-7-14-12(10-19)4-2-6-15(14)18/h1-6,9H,7-8,10,18H2. The first-order valence-corrected chi connectivity index (χ1v) is 7.35. The van der Waals surface area contributed by atoms with Crippen LogP contribution in [0, 0.1) is 0 Å². The largest absolute Gasteiger partial charge is 0.398 e. The third-order valence-electron chi connectivity index (χ3n) is 3.66. The van der Waals surface area contributed by atoms with Crippen LogP contribution in [0.2, 0.25) is 0 Å². The van der Waals surface area contributed by atoms with Crippen molar-refractivity contribution < 1.29 is 4.79 Å². The molecule has 0 spiro atoms. The Kier molecular flexibility index (Phi) is 3.49. The van der Waals surface area contributed by atoms with E-state index < -0.39 is 0 Å². The molecule has 0 fully saturated rings. The van der Waals surface area contributed by atoms with Gasteiger partial charge >= 0.3 is 0 Å². The van der Waals surface area contributed by atoms with Crippen LogP contribution in [0.1, 0.15) is 21.5 Å². The summed E-state index contributed by atoms with van der Waals surface area (Å²) in [4.78, 5) is 14.4. The third-order valence-corrected chi connectivity index (χ3v) is 4.15. The number of rotatable bonds is 1. The van der Waals surface area contributed by atoms with E-state index in [9.17, 15) is 4.79 Å². The topological polar surface area (TPSA) is 46.3 Å². The van der Waals surface area contributed by atoms with Crippen LogP contribution in [0.15, 0.2) is 46.9 Å². The Morgan fingerprint density at radius 3 is 2.80 bits per heavy atom. The minimum absolute atomic E-state index is 0.0689. The second kappa shape index (κ2) is 5.29. The van der Waals surface area contributed by atoms with Gasteiger partial charge in [-0.25, -0.2) is 0 Å². The van der Waals surface area contributed by atoms with E-state index in [4.69, 9.17) is 5.73 Å². The second-order valence-electron chi connectivity index (χ2n) is 4.97. The van der Waals surface area contributed by atoms with Gasteiger partial charge in [0.05, 0.1) is 0 Å². The molecule has 1 heterocycles. The summed E-state index contributed by atoms with van der Waals surface area (Å²) in [7, 11) is 0. The van der Waals surface area contributed by atoms with Crippen molar-refractivity contribution in [1.82, 2.24) is 4.90 Å². The van der Waals surface area contributed by atoms with Crippen molar-refractivity contribution in [2.45, 2.75) is 13.0 Å². The summed E-state index contributed by atoms with van der Waals surface area (Å²) < 4.78 is 0.921. The number of anilines is 1. The highest BCUT2D eigenvalue weighted by Crippen LogP contribution is 2.25. The highest BCUT2D eigenvalue weighted by molar-refractivity contribution is 9.10.